The first-order chi connectivity index (χ1) is 3.93. The van der Waals surface area contributed by atoms with Crippen molar-refractivity contribution in [3.63, 3.8) is 0 Å². The van der Waals surface area contributed by atoms with Crippen molar-refractivity contribution in [3.8, 4) is 0 Å². The van der Waals surface area contributed by atoms with E-state index in [0.717, 1.165) is 0 Å². The van der Waals surface area contributed by atoms with E-state index < -0.39 is 0 Å². The largest absolute Gasteiger partial charge is 0.170 e. The lowest BCUT2D eigenvalue weighted by Crippen LogP contribution is -2.34. The number of nitrogens with zero attached hydrogens (tertiary/aromatic N) is 1. The highest BCUT2D eigenvalue weighted by Crippen LogP contribution is 2.04. The molecule has 0 unspecified atom stereocenters. The van der Waals surface area contributed by atoms with Crippen LogP contribution >= 0.6 is 0 Å². The van der Waals surface area contributed by atoms with Crippen LogP contribution in [0.2, 0.25) is 0 Å². The van der Waals surface area contributed by atoms with Crippen LogP contribution in [0.25, 0.3) is 0 Å². The summed E-state index contributed by atoms with van der Waals surface area (Å²) in [4.78, 5) is 2.52. The highest BCUT2D eigenvalue weighted by atomic mass is 15.1. The molecule has 1 radical (unpaired) electrons. The van der Waals surface area contributed by atoms with Crippen molar-refractivity contribution >= 4 is 0 Å². The van der Waals surface area contributed by atoms with E-state index in [1.165, 1.54) is 38.9 Å². The maximum Gasteiger partial charge on any atom is 0.122 e. The zero-order chi connectivity index (χ0) is 5.82. The Labute approximate surface area is 51.7 Å². The van der Waals surface area contributed by atoms with Crippen LogP contribution in [-0.4, -0.2) is 19.6 Å². The van der Waals surface area contributed by atoms with Crippen LogP contribution < -0.4 is 4.90 Å². The summed E-state index contributed by atoms with van der Waals surface area (Å²) in [5, 5.41) is 0. The van der Waals surface area contributed by atoms with E-state index in [4.69, 9.17) is 0 Å². The van der Waals surface area contributed by atoms with E-state index in [2.05, 4.69) is 11.8 Å². The van der Waals surface area contributed by atoms with Crippen molar-refractivity contribution < 1.29 is 0 Å². The Morgan fingerprint density at radius 1 is 1.12 bits per heavy atom. The van der Waals surface area contributed by atoms with Gasteiger partial charge in [0.15, 0.2) is 0 Å². The summed E-state index contributed by atoms with van der Waals surface area (Å²) >= 11 is 0. The van der Waals surface area contributed by atoms with Crippen LogP contribution in [0.3, 0.4) is 0 Å². The molecule has 47 valence electrons. The van der Waals surface area contributed by atoms with Gasteiger partial charge in [0.2, 0.25) is 0 Å². The highest BCUT2D eigenvalue weighted by molar-refractivity contribution is 4.66. The quantitative estimate of drug-likeness (QED) is 0.452. The lowest BCUT2D eigenvalue weighted by Gasteiger charge is -2.14. The maximum atomic E-state index is 2.52. The summed E-state index contributed by atoms with van der Waals surface area (Å²) in [7, 11) is 0. The molecule has 0 N–H and O–H groups in total. The van der Waals surface area contributed by atoms with Gasteiger partial charge in [0.05, 0.1) is 0 Å². The highest BCUT2D eigenvalue weighted by Gasteiger charge is 2.14. The van der Waals surface area contributed by atoms with E-state index in [-0.39, 0.29) is 0 Å². The Bertz CT molecular complexity index is 55.4. The van der Waals surface area contributed by atoms with Gasteiger partial charge in [-0.25, -0.2) is 0 Å². The summed E-state index contributed by atoms with van der Waals surface area (Å²) < 4.78 is 0. The molecule has 1 heteroatoms. The number of rotatable bonds is 1. The molecule has 0 atom stereocenters. The van der Waals surface area contributed by atoms with Crippen LogP contribution in [0.5, 0.6) is 0 Å². The molecule has 0 aliphatic carbocycles. The molecule has 0 aromatic carbocycles. The van der Waals surface area contributed by atoms with Crippen LogP contribution in [0.1, 0.15) is 26.2 Å². The minimum Gasteiger partial charge on any atom is -0.170 e. The van der Waals surface area contributed by atoms with E-state index in [1.54, 1.807) is 0 Å². The number of likely N-dealkylation sites (tertiary alicyclic amines) is 1. The van der Waals surface area contributed by atoms with E-state index in [0.29, 0.717) is 0 Å². The molecule has 1 nitrogen and oxygen atoms in total. The van der Waals surface area contributed by atoms with Crippen LogP contribution in [0, 0.1) is 0 Å². The fourth-order valence-electron chi connectivity index (χ4n) is 1.28. The molecule has 0 aromatic rings. The van der Waals surface area contributed by atoms with Gasteiger partial charge in [-0.15, -0.1) is 0 Å². The minimum absolute atomic E-state index is 1.25. The second-order valence-electron chi connectivity index (χ2n) is 2.49. The van der Waals surface area contributed by atoms with Crippen molar-refractivity contribution in [2.24, 2.45) is 0 Å². The third-order valence-corrected chi connectivity index (χ3v) is 1.90. The molecular formula is C7H15N+. The average Bonchev–Trinajstić information content (AvgIpc) is 1.90. The summed E-state index contributed by atoms with van der Waals surface area (Å²) in [6.07, 6.45) is 4.30. The zero-order valence-electron chi connectivity index (χ0n) is 5.69. The first-order valence-electron chi connectivity index (χ1n) is 3.66. The topological polar surface area (TPSA) is 5.90 Å². The molecule has 1 aliphatic heterocycles. The van der Waals surface area contributed by atoms with Gasteiger partial charge < -0.3 is 0 Å². The summed E-state index contributed by atoms with van der Waals surface area (Å²) in [5.41, 5.74) is 0. The zero-order valence-corrected chi connectivity index (χ0v) is 5.69. The minimum atomic E-state index is 1.25. The molecule has 0 amide bonds. The summed E-state index contributed by atoms with van der Waals surface area (Å²) in [6.45, 7) is 6.18. The van der Waals surface area contributed by atoms with E-state index in [1.807, 2.05) is 0 Å². The maximum absolute atomic E-state index is 2.52. The van der Waals surface area contributed by atoms with Gasteiger partial charge in [0.25, 0.3) is 0 Å². The predicted molar refractivity (Wildman–Crippen MR) is 36.3 cm³/mol. The molecule has 1 heterocycles. The van der Waals surface area contributed by atoms with Gasteiger partial charge in [0, 0.05) is 12.8 Å². The third kappa shape index (κ3) is 1.48. The van der Waals surface area contributed by atoms with Crippen molar-refractivity contribution in [3.05, 3.63) is 0 Å². The molecule has 0 saturated carbocycles. The van der Waals surface area contributed by atoms with Gasteiger partial charge in [0.1, 0.15) is 19.6 Å². The molecule has 1 saturated heterocycles. The fraction of sp³-hybridized carbons (Fsp3) is 1.00. The number of hydrogen-bond donors (Lipinski definition) is 0. The molecule has 0 spiro atoms. The molecular weight excluding hydrogens is 98.1 g/mol. The molecule has 0 aromatic heterocycles. The Morgan fingerprint density at radius 2 is 1.75 bits per heavy atom. The molecule has 0 bridgehead atoms. The smallest absolute Gasteiger partial charge is 0.122 e. The normalized spacial score (nSPS) is 23.6. The van der Waals surface area contributed by atoms with Gasteiger partial charge in [-0.05, 0) is 13.3 Å². The van der Waals surface area contributed by atoms with Crippen LogP contribution in [0.4, 0.5) is 0 Å². The number of piperidine rings is 1. The molecule has 1 rings (SSSR count). The SMILES string of the molecule is CC[N+]1CCCCC1. The van der Waals surface area contributed by atoms with Gasteiger partial charge in [-0.2, -0.15) is 4.90 Å². The van der Waals surface area contributed by atoms with Gasteiger partial charge >= 0.3 is 0 Å². The second kappa shape index (κ2) is 3.08. The fourth-order valence-corrected chi connectivity index (χ4v) is 1.28. The Morgan fingerprint density at radius 3 is 2.12 bits per heavy atom. The Balaban J connectivity index is 2.13. The molecule has 1 fully saturated rings. The van der Waals surface area contributed by atoms with Crippen molar-refractivity contribution in [2.75, 3.05) is 19.6 Å². The van der Waals surface area contributed by atoms with Gasteiger partial charge in [-0.1, -0.05) is 0 Å². The van der Waals surface area contributed by atoms with Crippen molar-refractivity contribution in [2.45, 2.75) is 26.2 Å². The standard InChI is InChI=1S/C7H15N/c1-2-8-6-4-3-5-7-8/h2-7H2,1H3/q+1. The van der Waals surface area contributed by atoms with Gasteiger partial charge in [-0.3, -0.25) is 0 Å². The van der Waals surface area contributed by atoms with Crippen molar-refractivity contribution in [1.29, 1.82) is 0 Å². The molecule has 1 aliphatic rings. The Hall–Kier alpha value is -0.0400. The van der Waals surface area contributed by atoms with Crippen LogP contribution in [0.15, 0.2) is 0 Å². The average molecular weight is 113 g/mol. The van der Waals surface area contributed by atoms with Crippen LogP contribution in [-0.2, 0) is 0 Å². The van der Waals surface area contributed by atoms with E-state index in [9.17, 15) is 0 Å². The monoisotopic (exact) mass is 113 g/mol. The van der Waals surface area contributed by atoms with E-state index >= 15 is 0 Å². The summed E-state index contributed by atoms with van der Waals surface area (Å²) in [6, 6.07) is 0. The summed E-state index contributed by atoms with van der Waals surface area (Å²) in [5.74, 6) is 0. The molecule has 8 heavy (non-hydrogen) atoms. The first kappa shape index (κ1) is 6.09. The second-order valence-corrected chi connectivity index (χ2v) is 2.49. The third-order valence-electron chi connectivity index (χ3n) is 1.90. The Kier molecular flexibility index (Phi) is 2.34. The lowest BCUT2D eigenvalue weighted by molar-refractivity contribution is 0.354. The predicted octanol–water partition coefficient (Wildman–Crippen LogP) is 1.33. The lowest BCUT2D eigenvalue weighted by atomic mass is 10.1. The van der Waals surface area contributed by atoms with Crippen molar-refractivity contribution in [1.82, 2.24) is 4.90 Å². The number of hydrogen-bond acceptors (Lipinski definition) is 1. The first-order valence-corrected chi connectivity index (χ1v) is 3.66.